The molecular formula is C35H64O6. The van der Waals surface area contributed by atoms with Gasteiger partial charge in [0.2, 0.25) is 0 Å². The summed E-state index contributed by atoms with van der Waals surface area (Å²) in [6.45, 7) is 7.94. The number of carbonyl (C=O) groups excluding carboxylic acids is 2. The zero-order valence-electron chi connectivity index (χ0n) is 23.4. The highest BCUT2D eigenvalue weighted by Gasteiger charge is 2.63. The second-order valence-corrected chi connectivity index (χ2v) is 15.4. The minimum atomic E-state index is -0.667. The molecule has 8 bridgehead atoms. The smallest absolute Gasteiger partial charge is 0.309 e. The largest absolute Gasteiger partial charge is 0.459 e. The first-order valence-corrected chi connectivity index (χ1v) is 15.2. The number of aliphatic hydroxyl groups is 2. The number of carbonyl (C=O) groups is 2. The van der Waals surface area contributed by atoms with Gasteiger partial charge in [0, 0.05) is 11.8 Å². The lowest BCUT2D eigenvalue weighted by molar-refractivity contribution is -0.234. The first kappa shape index (κ1) is 36.1. The third-order valence-corrected chi connectivity index (χ3v) is 11.8. The average Bonchev–Trinajstić information content (AvgIpc) is 2.73. The molecule has 8 saturated carbocycles. The molecule has 0 aliphatic heterocycles. The summed E-state index contributed by atoms with van der Waals surface area (Å²) in [6, 6.07) is 0. The summed E-state index contributed by atoms with van der Waals surface area (Å²) in [5.41, 5.74) is -2.60. The summed E-state index contributed by atoms with van der Waals surface area (Å²) in [5.74, 6) is 0.753. The molecule has 6 nitrogen and oxygen atoms in total. The summed E-state index contributed by atoms with van der Waals surface area (Å²) in [7, 11) is 0. The van der Waals surface area contributed by atoms with E-state index in [0.717, 1.165) is 64.2 Å². The van der Waals surface area contributed by atoms with Crippen LogP contribution in [0.25, 0.3) is 0 Å². The Morgan fingerprint density at radius 1 is 0.780 bits per heavy atom. The lowest BCUT2D eigenvalue weighted by atomic mass is 9.44. The van der Waals surface area contributed by atoms with Crippen molar-refractivity contribution in [3.63, 3.8) is 0 Å². The van der Waals surface area contributed by atoms with E-state index in [1.54, 1.807) is 0 Å². The zero-order valence-corrected chi connectivity index (χ0v) is 23.4. The highest BCUT2D eigenvalue weighted by atomic mass is 16.6. The first-order chi connectivity index (χ1) is 17.2. The van der Waals surface area contributed by atoms with Gasteiger partial charge in [-0.15, -0.1) is 0 Å². The van der Waals surface area contributed by atoms with Crippen LogP contribution in [0.3, 0.4) is 0 Å². The minimum Gasteiger partial charge on any atom is -0.459 e. The molecule has 6 heteroatoms. The molecule has 0 spiro atoms. The molecule has 0 heterocycles. The van der Waals surface area contributed by atoms with Crippen LogP contribution in [0.15, 0.2) is 0 Å². The van der Waals surface area contributed by atoms with E-state index in [1.807, 2.05) is 27.7 Å². The Hall–Kier alpha value is -1.14. The zero-order chi connectivity index (χ0) is 26.4. The van der Waals surface area contributed by atoms with Gasteiger partial charge >= 0.3 is 11.9 Å². The molecular weight excluding hydrogens is 516 g/mol. The molecule has 0 aromatic rings. The van der Waals surface area contributed by atoms with Crippen LogP contribution in [0.1, 0.15) is 147 Å². The van der Waals surface area contributed by atoms with Crippen LogP contribution >= 0.6 is 0 Å². The predicted octanol–water partition coefficient (Wildman–Crippen LogP) is 7.86. The Morgan fingerprint density at radius 3 is 1.68 bits per heavy atom. The van der Waals surface area contributed by atoms with Gasteiger partial charge in [-0.25, -0.2) is 0 Å². The van der Waals surface area contributed by atoms with E-state index in [0.29, 0.717) is 42.9 Å². The molecule has 0 saturated heterocycles. The maximum absolute atomic E-state index is 13.5. The minimum absolute atomic E-state index is 0. The second-order valence-electron chi connectivity index (χ2n) is 15.4. The third kappa shape index (κ3) is 6.26. The number of rotatable bonds is 8. The van der Waals surface area contributed by atoms with Crippen molar-refractivity contribution >= 4 is 11.9 Å². The highest BCUT2D eigenvalue weighted by molar-refractivity contribution is 5.76. The van der Waals surface area contributed by atoms with Crippen molar-refractivity contribution in [1.82, 2.24) is 0 Å². The molecule has 0 aromatic carbocycles. The molecule has 6 atom stereocenters. The molecule has 8 rings (SSSR count). The van der Waals surface area contributed by atoms with Crippen molar-refractivity contribution in [2.45, 2.75) is 170 Å². The highest BCUT2D eigenvalue weighted by Crippen LogP contribution is 2.65. The lowest BCUT2D eigenvalue weighted by Crippen LogP contribution is -2.63. The van der Waals surface area contributed by atoms with Gasteiger partial charge in [0.15, 0.2) is 0 Å². The van der Waals surface area contributed by atoms with Gasteiger partial charge in [-0.05, 0) is 121 Å². The quantitative estimate of drug-likeness (QED) is 0.284. The maximum Gasteiger partial charge on any atom is 0.309 e. The van der Waals surface area contributed by atoms with Gasteiger partial charge in [-0.1, -0.05) is 43.6 Å². The fourth-order valence-electron chi connectivity index (χ4n) is 10.9. The molecule has 0 radical (unpaired) electrons. The van der Waals surface area contributed by atoms with Crippen molar-refractivity contribution in [2.24, 2.45) is 40.9 Å². The number of esters is 2. The monoisotopic (exact) mass is 580 g/mol. The van der Waals surface area contributed by atoms with Gasteiger partial charge in [0.1, 0.15) is 11.2 Å². The Bertz CT molecular complexity index is 926. The number of hydrogen-bond acceptors (Lipinski definition) is 6. The van der Waals surface area contributed by atoms with Gasteiger partial charge in [0.25, 0.3) is 0 Å². The molecule has 41 heavy (non-hydrogen) atoms. The molecule has 8 aliphatic rings. The van der Waals surface area contributed by atoms with Gasteiger partial charge in [-0.3, -0.25) is 9.59 Å². The number of hydrogen-bond donors (Lipinski definition) is 2. The lowest BCUT2D eigenvalue weighted by Gasteiger charge is -2.64. The van der Waals surface area contributed by atoms with E-state index in [2.05, 4.69) is 0 Å². The fraction of sp³-hybridized carbons (Fsp3) is 0.943. The van der Waals surface area contributed by atoms with E-state index >= 15 is 0 Å². The van der Waals surface area contributed by atoms with Crippen LogP contribution in [0.2, 0.25) is 0 Å². The van der Waals surface area contributed by atoms with Gasteiger partial charge in [-0.2, -0.15) is 0 Å². The van der Waals surface area contributed by atoms with Crippen molar-refractivity contribution in [1.29, 1.82) is 0 Å². The van der Waals surface area contributed by atoms with Crippen LogP contribution in [-0.2, 0) is 19.1 Å². The van der Waals surface area contributed by atoms with Crippen molar-refractivity contribution in [3.8, 4) is 0 Å². The van der Waals surface area contributed by atoms with Crippen LogP contribution in [-0.4, -0.2) is 44.6 Å². The topological polar surface area (TPSA) is 93.1 Å². The molecule has 8 fully saturated rings. The number of ether oxygens (including phenoxy) is 2. The average molecular weight is 581 g/mol. The van der Waals surface area contributed by atoms with E-state index in [1.165, 1.54) is 6.42 Å². The fourth-order valence-corrected chi connectivity index (χ4v) is 10.9. The standard InChI is InChI=1S/C31H48O6.4CH4/c1-5-24(6-19(2)25(32)37-31-15-22-8-23(16-31)14-30(35,13-22)18-31)26(33)36-27(3,4)28-9-20-7-21(10-28)12-29(34,11-20)17-28;;;;/h19-24,34-35H,5-18H2,1-4H3;4*1H4. The Labute approximate surface area is 251 Å². The summed E-state index contributed by atoms with van der Waals surface area (Å²) in [6.07, 6.45) is 12.0. The van der Waals surface area contributed by atoms with Gasteiger partial charge in [0.05, 0.1) is 23.0 Å². The Balaban J connectivity index is 0.00000147. The second kappa shape index (κ2) is 11.7. The molecule has 2 N–H and O–H groups in total. The van der Waals surface area contributed by atoms with E-state index in [9.17, 15) is 19.8 Å². The van der Waals surface area contributed by atoms with E-state index in [4.69, 9.17) is 9.47 Å². The molecule has 0 aromatic heterocycles. The Kier molecular flexibility index (Phi) is 10.3. The maximum atomic E-state index is 13.5. The molecule has 6 unspecified atom stereocenters. The Morgan fingerprint density at radius 2 is 1.24 bits per heavy atom. The van der Waals surface area contributed by atoms with Crippen LogP contribution < -0.4 is 0 Å². The third-order valence-electron chi connectivity index (χ3n) is 11.8. The summed E-state index contributed by atoms with van der Waals surface area (Å²) >= 11 is 0. The normalized spacial score (nSPS) is 42.5. The molecule has 240 valence electrons. The summed E-state index contributed by atoms with van der Waals surface area (Å²) in [4.78, 5) is 26.8. The SMILES string of the molecule is C.C.C.C.CCC(CC(C)C(=O)OC12CC3CC(CC(O)(C3)C1)C2)C(=O)OC(C)(C)C12CC3CC(CC(O)(C3)C1)C2. The summed E-state index contributed by atoms with van der Waals surface area (Å²) in [5, 5.41) is 22.2. The van der Waals surface area contributed by atoms with Crippen LogP contribution in [0.4, 0.5) is 0 Å². The molecule has 0 amide bonds. The van der Waals surface area contributed by atoms with Crippen molar-refractivity contribution < 1.29 is 29.3 Å². The predicted molar refractivity (Wildman–Crippen MR) is 165 cm³/mol. The van der Waals surface area contributed by atoms with Crippen LogP contribution in [0, 0.1) is 40.9 Å². The van der Waals surface area contributed by atoms with Gasteiger partial charge < -0.3 is 19.7 Å². The molecule has 8 aliphatic carbocycles. The van der Waals surface area contributed by atoms with E-state index < -0.39 is 28.3 Å². The summed E-state index contributed by atoms with van der Waals surface area (Å²) < 4.78 is 12.5. The first-order valence-electron chi connectivity index (χ1n) is 15.2. The van der Waals surface area contributed by atoms with Crippen LogP contribution in [0.5, 0.6) is 0 Å². The van der Waals surface area contributed by atoms with Crippen molar-refractivity contribution in [3.05, 3.63) is 0 Å². The van der Waals surface area contributed by atoms with Crippen molar-refractivity contribution in [2.75, 3.05) is 0 Å². The van der Waals surface area contributed by atoms with E-state index in [-0.39, 0.29) is 53.0 Å².